The molecular weight excluding hydrogens is 720 g/mol. The highest BCUT2D eigenvalue weighted by molar-refractivity contribution is 5.97. The number of benzene rings is 4. The lowest BCUT2D eigenvalue weighted by Crippen LogP contribution is -2.59. The van der Waals surface area contributed by atoms with Crippen LogP contribution >= 0.6 is 0 Å². The SMILES string of the molecule is C[C@@H](O)[C@H](NC(=O)[C@@H](Cc1ccc(O)cc1)NC(=O)[C@@H](CCCCN)N(C(=O)OCc1ccccc1)C(=O)OCc1ccccc1)C(=O)OCc1ccccc1. The number of carbonyl (C=O) groups excluding carboxylic acids is 5. The minimum absolute atomic E-state index is 0.0345. The molecule has 6 N–H and O–H groups in total. The van der Waals surface area contributed by atoms with Crippen molar-refractivity contribution in [1.29, 1.82) is 0 Å². The van der Waals surface area contributed by atoms with Gasteiger partial charge in [0.05, 0.1) is 6.10 Å². The maximum absolute atomic E-state index is 14.3. The number of hydrogen-bond acceptors (Lipinski definition) is 11. The van der Waals surface area contributed by atoms with E-state index in [1.807, 2.05) is 0 Å². The van der Waals surface area contributed by atoms with E-state index in [0.29, 0.717) is 40.0 Å². The smallest absolute Gasteiger partial charge is 0.420 e. The van der Waals surface area contributed by atoms with E-state index in [0.717, 1.165) is 0 Å². The molecule has 0 saturated heterocycles. The molecule has 0 fully saturated rings. The maximum atomic E-state index is 14.3. The lowest BCUT2D eigenvalue weighted by molar-refractivity contribution is -0.152. The van der Waals surface area contributed by atoms with Gasteiger partial charge in [0.1, 0.15) is 37.7 Å². The molecule has 0 unspecified atom stereocenters. The van der Waals surface area contributed by atoms with E-state index in [9.17, 15) is 34.2 Å². The van der Waals surface area contributed by atoms with Crippen molar-refractivity contribution in [3.05, 3.63) is 138 Å². The highest BCUT2D eigenvalue weighted by Gasteiger charge is 2.39. The van der Waals surface area contributed by atoms with Crippen LogP contribution in [0.25, 0.3) is 0 Å². The van der Waals surface area contributed by atoms with Crippen LogP contribution in [0.1, 0.15) is 48.4 Å². The van der Waals surface area contributed by atoms with E-state index in [1.165, 1.54) is 31.2 Å². The lowest BCUT2D eigenvalue weighted by atomic mass is 10.0. The second kappa shape index (κ2) is 22.2. The first-order valence-corrected chi connectivity index (χ1v) is 18.2. The Morgan fingerprint density at radius 3 is 1.59 bits per heavy atom. The van der Waals surface area contributed by atoms with Gasteiger partial charge in [0.15, 0.2) is 6.04 Å². The highest BCUT2D eigenvalue weighted by atomic mass is 16.6. The van der Waals surface area contributed by atoms with E-state index < -0.39 is 54.2 Å². The number of esters is 1. The van der Waals surface area contributed by atoms with Gasteiger partial charge in [0.25, 0.3) is 0 Å². The summed E-state index contributed by atoms with van der Waals surface area (Å²) in [5, 5.41) is 25.5. The molecule has 0 aliphatic heterocycles. The average molecular weight is 769 g/mol. The van der Waals surface area contributed by atoms with Crippen LogP contribution in [0.15, 0.2) is 115 Å². The van der Waals surface area contributed by atoms with Crippen molar-refractivity contribution in [1.82, 2.24) is 15.5 Å². The number of aliphatic hydroxyl groups excluding tert-OH is 1. The zero-order valence-electron chi connectivity index (χ0n) is 31.1. The topological polar surface area (TPSA) is 207 Å². The number of nitrogens with two attached hydrogens (primary N) is 1. The molecule has 4 atom stereocenters. The minimum Gasteiger partial charge on any atom is -0.508 e. The molecule has 14 heteroatoms. The summed E-state index contributed by atoms with van der Waals surface area (Å²) in [6, 6.07) is 27.7. The zero-order chi connectivity index (χ0) is 40.3. The number of phenols is 1. The van der Waals surface area contributed by atoms with Crippen molar-refractivity contribution in [2.75, 3.05) is 6.54 Å². The summed E-state index contributed by atoms with van der Waals surface area (Å²) < 4.78 is 16.4. The fourth-order valence-corrected chi connectivity index (χ4v) is 5.56. The number of aliphatic hydroxyl groups is 1. The highest BCUT2D eigenvalue weighted by Crippen LogP contribution is 2.18. The van der Waals surface area contributed by atoms with Crippen LogP contribution < -0.4 is 16.4 Å². The molecule has 4 amide bonds. The van der Waals surface area contributed by atoms with Crippen LogP contribution in [-0.4, -0.2) is 75.9 Å². The van der Waals surface area contributed by atoms with Crippen molar-refractivity contribution in [3.8, 4) is 5.75 Å². The van der Waals surface area contributed by atoms with Crippen molar-refractivity contribution in [2.24, 2.45) is 5.73 Å². The summed E-state index contributed by atoms with van der Waals surface area (Å²) in [5.74, 6) is -2.73. The quantitative estimate of drug-likeness (QED) is 0.0510. The third-order valence-corrected chi connectivity index (χ3v) is 8.62. The molecule has 4 aromatic carbocycles. The van der Waals surface area contributed by atoms with Crippen LogP contribution in [0.2, 0.25) is 0 Å². The van der Waals surface area contributed by atoms with Crippen LogP contribution in [-0.2, 0) is 54.8 Å². The van der Waals surface area contributed by atoms with Crippen LogP contribution in [0.3, 0.4) is 0 Å². The largest absolute Gasteiger partial charge is 0.508 e. The van der Waals surface area contributed by atoms with E-state index in [-0.39, 0.29) is 45.0 Å². The van der Waals surface area contributed by atoms with Gasteiger partial charge in [-0.1, -0.05) is 103 Å². The predicted octanol–water partition coefficient (Wildman–Crippen LogP) is 4.50. The molecule has 0 saturated carbocycles. The first-order valence-electron chi connectivity index (χ1n) is 18.2. The van der Waals surface area contributed by atoms with Gasteiger partial charge in [-0.2, -0.15) is 4.90 Å². The molecule has 0 radical (unpaired) electrons. The summed E-state index contributed by atoms with van der Waals surface area (Å²) in [6.45, 7) is 1.01. The van der Waals surface area contributed by atoms with Crippen LogP contribution in [0, 0.1) is 0 Å². The Labute approximate surface area is 325 Å². The van der Waals surface area contributed by atoms with E-state index in [2.05, 4.69) is 10.6 Å². The van der Waals surface area contributed by atoms with Gasteiger partial charge in [0, 0.05) is 6.42 Å². The number of rotatable bonds is 19. The van der Waals surface area contributed by atoms with Gasteiger partial charge in [-0.15, -0.1) is 0 Å². The summed E-state index contributed by atoms with van der Waals surface area (Å²) in [6.07, 6.45) is -3.20. The van der Waals surface area contributed by atoms with Crippen LogP contribution in [0.5, 0.6) is 5.75 Å². The number of phenolic OH excluding ortho intramolecular Hbond substituents is 1. The molecule has 0 aromatic heterocycles. The monoisotopic (exact) mass is 768 g/mol. The molecule has 14 nitrogen and oxygen atoms in total. The Morgan fingerprint density at radius 1 is 0.643 bits per heavy atom. The third-order valence-electron chi connectivity index (χ3n) is 8.62. The fraction of sp³-hybridized carbons (Fsp3) is 0.310. The maximum Gasteiger partial charge on any atom is 0.420 e. The molecule has 0 bridgehead atoms. The van der Waals surface area contributed by atoms with Gasteiger partial charge in [0.2, 0.25) is 11.8 Å². The standard InChI is InChI=1S/C42H48N4O10/c1-29(47)37(40(51)54-26-31-13-5-2-6-14-31)45-38(49)35(25-30-20-22-34(48)23-21-30)44-39(50)36(19-11-12-24-43)46(41(52)55-27-32-15-7-3-8-16-32)42(53)56-28-33-17-9-4-10-18-33/h2-10,13-18,20-23,29,35-37,47-48H,11-12,19,24-28,43H2,1H3,(H,44,50)(H,45,49)/t29-,35-,36-,37+/m1/s1. The number of carbonyl (C=O) groups is 5. The molecule has 0 aliphatic rings. The molecule has 4 aromatic rings. The second-order valence-corrected chi connectivity index (χ2v) is 13.0. The lowest BCUT2D eigenvalue weighted by Gasteiger charge is -2.30. The summed E-state index contributed by atoms with van der Waals surface area (Å²) in [5.41, 5.74) is 8.20. The van der Waals surface area contributed by atoms with Gasteiger partial charge in [-0.05, 0) is 67.1 Å². The summed E-state index contributed by atoms with van der Waals surface area (Å²) in [4.78, 5) is 69.6. The molecule has 0 heterocycles. The fourth-order valence-electron chi connectivity index (χ4n) is 5.56. The number of ether oxygens (including phenoxy) is 3. The Kier molecular flexibility index (Phi) is 16.8. The Hall–Kier alpha value is -6.25. The van der Waals surface area contributed by atoms with Crippen LogP contribution in [0.4, 0.5) is 9.59 Å². The van der Waals surface area contributed by atoms with E-state index >= 15 is 0 Å². The summed E-state index contributed by atoms with van der Waals surface area (Å²) >= 11 is 0. The number of aromatic hydroxyl groups is 1. The Balaban J connectivity index is 1.62. The molecule has 4 rings (SSSR count). The first kappa shape index (κ1) is 42.5. The van der Waals surface area contributed by atoms with Crippen molar-refractivity contribution >= 4 is 30.0 Å². The van der Waals surface area contributed by atoms with Gasteiger partial charge >= 0.3 is 18.2 Å². The van der Waals surface area contributed by atoms with Crippen molar-refractivity contribution in [3.63, 3.8) is 0 Å². The third kappa shape index (κ3) is 13.6. The number of unbranched alkanes of at least 4 members (excludes halogenated alkanes) is 1. The Morgan fingerprint density at radius 2 is 1.12 bits per heavy atom. The predicted molar refractivity (Wildman–Crippen MR) is 205 cm³/mol. The number of amides is 4. The average Bonchev–Trinajstić information content (AvgIpc) is 3.21. The molecule has 296 valence electrons. The van der Waals surface area contributed by atoms with Crippen molar-refractivity contribution < 1.29 is 48.4 Å². The summed E-state index contributed by atoms with van der Waals surface area (Å²) in [7, 11) is 0. The van der Waals surface area contributed by atoms with E-state index in [4.69, 9.17) is 19.9 Å². The number of nitrogens with zero attached hydrogens (tertiary/aromatic N) is 1. The molecule has 56 heavy (non-hydrogen) atoms. The molecule has 0 aliphatic carbocycles. The second-order valence-electron chi connectivity index (χ2n) is 13.0. The number of hydrogen-bond donors (Lipinski definition) is 5. The zero-order valence-corrected chi connectivity index (χ0v) is 31.1. The molecule has 0 spiro atoms. The molecular formula is C42H48N4O10. The first-order chi connectivity index (χ1) is 27.0. The van der Waals surface area contributed by atoms with E-state index in [1.54, 1.807) is 91.0 Å². The minimum atomic E-state index is -1.54. The number of nitrogens with one attached hydrogen (secondary N) is 2. The number of imide groups is 1. The Bertz CT molecular complexity index is 1790. The normalized spacial score (nSPS) is 12.9. The van der Waals surface area contributed by atoms with Gasteiger partial charge in [-0.25, -0.2) is 14.4 Å². The van der Waals surface area contributed by atoms with Gasteiger partial charge in [-0.3, -0.25) is 9.59 Å². The van der Waals surface area contributed by atoms with Crippen molar-refractivity contribution in [2.45, 2.75) is 76.7 Å². The van der Waals surface area contributed by atoms with Gasteiger partial charge < -0.3 is 40.8 Å².